The van der Waals surface area contributed by atoms with E-state index in [1.165, 1.54) is 0 Å². The molecule has 0 N–H and O–H groups in total. The number of hydrogen-bond acceptors (Lipinski definition) is 6. The highest BCUT2D eigenvalue weighted by Gasteiger charge is 2.36. The lowest BCUT2D eigenvalue weighted by molar-refractivity contribution is -0.149. The van der Waals surface area contributed by atoms with Crippen molar-refractivity contribution < 1.29 is 23.9 Å². The first-order valence-corrected chi connectivity index (χ1v) is 10.9. The van der Waals surface area contributed by atoms with E-state index in [0.29, 0.717) is 21.4 Å². The Morgan fingerprint density at radius 2 is 1.94 bits per heavy atom. The topological polar surface area (TPSA) is 72.9 Å². The van der Waals surface area contributed by atoms with Gasteiger partial charge in [-0.25, -0.2) is 0 Å². The molecule has 9 heteroatoms. The number of rotatable bonds is 7. The van der Waals surface area contributed by atoms with Crippen molar-refractivity contribution in [1.29, 1.82) is 0 Å². The molecule has 1 aliphatic rings. The van der Waals surface area contributed by atoms with Gasteiger partial charge in [0.15, 0.2) is 0 Å². The van der Waals surface area contributed by atoms with Crippen molar-refractivity contribution in [2.75, 3.05) is 6.54 Å². The third-order valence-electron chi connectivity index (χ3n) is 4.09. The Hall–Kier alpha value is -2.48. The molecule has 0 bridgehead atoms. The van der Waals surface area contributed by atoms with Crippen LogP contribution < -0.4 is 4.74 Å². The molecular weight excluding hydrogens is 461 g/mol. The monoisotopic (exact) mass is 479 g/mol. The van der Waals surface area contributed by atoms with E-state index in [1.54, 1.807) is 62.4 Å². The first-order chi connectivity index (χ1) is 14.7. The molecule has 0 unspecified atom stereocenters. The lowest BCUT2D eigenvalue weighted by Crippen LogP contribution is -2.35. The van der Waals surface area contributed by atoms with Crippen molar-refractivity contribution >= 4 is 58.2 Å². The number of thioether (sulfide) groups is 1. The van der Waals surface area contributed by atoms with Gasteiger partial charge in [-0.05, 0) is 61.5 Å². The summed E-state index contributed by atoms with van der Waals surface area (Å²) < 4.78 is 10.8. The van der Waals surface area contributed by atoms with Crippen LogP contribution in [0, 0.1) is 0 Å². The standard InChI is InChI=1S/C22H19Cl2NO5S/c1-13(2)30-20(26)11-25-21(27)19(31-22(25)28)9-14-4-3-5-17(8-14)29-12-15-6-7-16(23)10-18(15)24/h3-10,13H,11-12H2,1-2H3/b19-9-. The fourth-order valence-electron chi connectivity index (χ4n) is 2.71. The lowest BCUT2D eigenvalue weighted by atomic mass is 10.2. The molecule has 162 valence electrons. The quantitative estimate of drug-likeness (QED) is 0.382. The van der Waals surface area contributed by atoms with Crippen LogP contribution in [-0.2, 0) is 20.9 Å². The summed E-state index contributed by atoms with van der Waals surface area (Å²) in [4.78, 5) is 37.6. The third-order valence-corrected chi connectivity index (χ3v) is 5.59. The van der Waals surface area contributed by atoms with E-state index < -0.39 is 23.7 Å². The predicted octanol–water partition coefficient (Wildman–Crippen LogP) is 5.56. The van der Waals surface area contributed by atoms with E-state index in [1.807, 2.05) is 0 Å². The molecule has 3 rings (SSSR count). The van der Waals surface area contributed by atoms with Gasteiger partial charge in [0.2, 0.25) is 0 Å². The number of benzene rings is 2. The zero-order valence-electron chi connectivity index (χ0n) is 16.8. The third kappa shape index (κ3) is 6.26. The largest absolute Gasteiger partial charge is 0.489 e. The lowest BCUT2D eigenvalue weighted by Gasteiger charge is -2.13. The fourth-order valence-corrected chi connectivity index (χ4v) is 4.01. The average molecular weight is 480 g/mol. The second-order valence-electron chi connectivity index (χ2n) is 6.90. The van der Waals surface area contributed by atoms with Gasteiger partial charge >= 0.3 is 5.97 Å². The average Bonchev–Trinajstić information content (AvgIpc) is 2.94. The molecule has 2 aromatic rings. The molecule has 31 heavy (non-hydrogen) atoms. The molecule has 0 aromatic heterocycles. The van der Waals surface area contributed by atoms with Gasteiger partial charge in [-0.2, -0.15) is 0 Å². The molecule has 0 aliphatic carbocycles. The van der Waals surface area contributed by atoms with Gasteiger partial charge in [0, 0.05) is 15.6 Å². The summed E-state index contributed by atoms with van der Waals surface area (Å²) in [5.41, 5.74) is 1.46. The van der Waals surface area contributed by atoms with Crippen molar-refractivity contribution in [3.8, 4) is 5.75 Å². The molecule has 0 spiro atoms. The number of nitrogens with zero attached hydrogens (tertiary/aromatic N) is 1. The van der Waals surface area contributed by atoms with Crippen molar-refractivity contribution in [2.45, 2.75) is 26.6 Å². The number of carbonyl (C=O) groups excluding carboxylic acids is 3. The van der Waals surface area contributed by atoms with E-state index in [4.69, 9.17) is 32.7 Å². The van der Waals surface area contributed by atoms with Gasteiger partial charge in [-0.3, -0.25) is 19.3 Å². The number of imide groups is 1. The summed E-state index contributed by atoms with van der Waals surface area (Å²) in [6.45, 7) is 3.22. The predicted molar refractivity (Wildman–Crippen MR) is 121 cm³/mol. The fraction of sp³-hybridized carbons (Fsp3) is 0.227. The zero-order valence-corrected chi connectivity index (χ0v) is 19.1. The van der Waals surface area contributed by atoms with Crippen LogP contribution in [0.1, 0.15) is 25.0 Å². The van der Waals surface area contributed by atoms with Crippen LogP contribution in [0.2, 0.25) is 10.0 Å². The first kappa shape index (κ1) is 23.2. The summed E-state index contributed by atoms with van der Waals surface area (Å²) in [5.74, 6) is -0.593. The molecule has 0 atom stereocenters. The number of halogens is 2. The molecule has 1 heterocycles. The van der Waals surface area contributed by atoms with Gasteiger partial charge in [0.1, 0.15) is 18.9 Å². The highest BCUT2D eigenvalue weighted by molar-refractivity contribution is 8.18. The normalized spacial score (nSPS) is 15.1. The van der Waals surface area contributed by atoms with Crippen LogP contribution in [0.5, 0.6) is 5.75 Å². The van der Waals surface area contributed by atoms with Crippen LogP contribution >= 0.6 is 35.0 Å². The van der Waals surface area contributed by atoms with Gasteiger partial charge in [-0.1, -0.05) is 41.4 Å². The minimum Gasteiger partial charge on any atom is -0.489 e. The van der Waals surface area contributed by atoms with E-state index in [2.05, 4.69) is 0 Å². The Balaban J connectivity index is 1.68. The van der Waals surface area contributed by atoms with Crippen molar-refractivity contribution in [3.05, 3.63) is 68.5 Å². The van der Waals surface area contributed by atoms with Gasteiger partial charge in [0.25, 0.3) is 11.1 Å². The van der Waals surface area contributed by atoms with Gasteiger partial charge in [-0.15, -0.1) is 0 Å². The van der Waals surface area contributed by atoms with Crippen LogP contribution in [-0.4, -0.2) is 34.7 Å². The molecule has 6 nitrogen and oxygen atoms in total. The second-order valence-corrected chi connectivity index (χ2v) is 8.74. The SMILES string of the molecule is CC(C)OC(=O)CN1C(=O)S/C(=C\c2cccc(OCc3ccc(Cl)cc3Cl)c2)C1=O. The number of amides is 2. The van der Waals surface area contributed by atoms with Crippen LogP contribution in [0.3, 0.4) is 0 Å². The molecule has 2 amide bonds. The maximum Gasteiger partial charge on any atom is 0.326 e. The summed E-state index contributed by atoms with van der Waals surface area (Å²) in [7, 11) is 0. The van der Waals surface area contributed by atoms with E-state index >= 15 is 0 Å². The van der Waals surface area contributed by atoms with E-state index in [-0.39, 0.29) is 17.6 Å². The van der Waals surface area contributed by atoms with E-state index in [9.17, 15) is 14.4 Å². The van der Waals surface area contributed by atoms with E-state index in [0.717, 1.165) is 22.2 Å². The Bertz CT molecular complexity index is 1050. The van der Waals surface area contributed by atoms with Crippen LogP contribution in [0.4, 0.5) is 4.79 Å². The first-order valence-electron chi connectivity index (χ1n) is 9.34. The van der Waals surface area contributed by atoms with Gasteiger partial charge < -0.3 is 9.47 Å². The minimum atomic E-state index is -0.630. The number of ether oxygens (including phenoxy) is 2. The highest BCUT2D eigenvalue weighted by Crippen LogP contribution is 2.32. The summed E-state index contributed by atoms with van der Waals surface area (Å²) in [6, 6.07) is 12.2. The molecule has 1 fully saturated rings. The number of carbonyl (C=O) groups is 3. The highest BCUT2D eigenvalue weighted by atomic mass is 35.5. The van der Waals surface area contributed by atoms with Crippen molar-refractivity contribution in [3.63, 3.8) is 0 Å². The second kappa shape index (κ2) is 10.2. The zero-order chi connectivity index (χ0) is 22.5. The van der Waals surface area contributed by atoms with Crippen LogP contribution in [0.15, 0.2) is 47.4 Å². The van der Waals surface area contributed by atoms with Crippen LogP contribution in [0.25, 0.3) is 6.08 Å². The number of hydrogen-bond donors (Lipinski definition) is 0. The maximum absolute atomic E-state index is 12.6. The molecular formula is C22H19Cl2NO5S. The minimum absolute atomic E-state index is 0.222. The summed E-state index contributed by atoms with van der Waals surface area (Å²) in [5, 5.41) is 0.539. The molecule has 0 saturated carbocycles. The smallest absolute Gasteiger partial charge is 0.326 e. The Kier molecular flexibility index (Phi) is 7.64. The Morgan fingerprint density at radius 1 is 1.16 bits per heavy atom. The summed E-state index contributed by atoms with van der Waals surface area (Å²) >= 11 is 12.8. The molecule has 1 saturated heterocycles. The molecule has 0 radical (unpaired) electrons. The summed E-state index contributed by atoms with van der Waals surface area (Å²) in [6.07, 6.45) is 1.26. The maximum atomic E-state index is 12.6. The molecule has 2 aromatic carbocycles. The Labute approximate surface area is 194 Å². The molecule has 1 aliphatic heterocycles. The van der Waals surface area contributed by atoms with Crippen molar-refractivity contribution in [2.24, 2.45) is 0 Å². The number of esters is 1. The van der Waals surface area contributed by atoms with Crippen molar-refractivity contribution in [1.82, 2.24) is 4.90 Å². The Morgan fingerprint density at radius 3 is 2.65 bits per heavy atom. The van der Waals surface area contributed by atoms with Gasteiger partial charge in [0.05, 0.1) is 11.0 Å².